The Kier molecular flexibility index (Phi) is 9.33. The van der Waals surface area contributed by atoms with Gasteiger partial charge in [-0.15, -0.1) is 25.8 Å². The number of nitrogens with zero attached hydrogens (tertiary/aromatic N) is 6. The van der Waals surface area contributed by atoms with Crippen molar-refractivity contribution in [2.75, 3.05) is 12.4 Å². The van der Waals surface area contributed by atoms with E-state index in [2.05, 4.69) is 57.1 Å². The van der Waals surface area contributed by atoms with E-state index in [4.69, 9.17) is 14.6 Å². The molecular formula is C33H33N7O4S. The number of thiazole rings is 1. The normalized spacial score (nSPS) is 12.5. The van der Waals surface area contributed by atoms with Crippen LogP contribution in [0.5, 0.6) is 0 Å². The van der Waals surface area contributed by atoms with Crippen molar-refractivity contribution >= 4 is 34.0 Å². The highest BCUT2D eigenvalue weighted by atomic mass is 32.1. The van der Waals surface area contributed by atoms with Gasteiger partial charge in [0, 0.05) is 10.5 Å². The predicted molar refractivity (Wildman–Crippen MR) is 170 cm³/mol. The van der Waals surface area contributed by atoms with Crippen molar-refractivity contribution in [3.63, 3.8) is 0 Å². The number of ether oxygens (including phenoxy) is 1. The van der Waals surface area contributed by atoms with E-state index in [9.17, 15) is 9.90 Å². The van der Waals surface area contributed by atoms with E-state index in [0.29, 0.717) is 5.13 Å². The van der Waals surface area contributed by atoms with Crippen molar-refractivity contribution in [1.29, 1.82) is 0 Å². The topological polar surface area (TPSA) is 130 Å². The van der Waals surface area contributed by atoms with Crippen molar-refractivity contribution in [2.24, 2.45) is 10.3 Å². The largest absolute Gasteiger partial charge is 0.855 e. The number of carbonyl (C=O) groups excluding carboxylic acids is 1. The molecule has 11 nitrogen and oxygen atoms in total. The summed E-state index contributed by atoms with van der Waals surface area (Å²) in [7, 11) is 1.34. The zero-order valence-electron chi connectivity index (χ0n) is 25.3. The average molecular weight is 624 g/mol. The molecule has 0 aliphatic carbocycles. The maximum absolute atomic E-state index is 13.3. The fourth-order valence-corrected chi connectivity index (χ4v) is 5.53. The third-order valence-corrected chi connectivity index (χ3v) is 7.29. The van der Waals surface area contributed by atoms with Crippen LogP contribution in [0.1, 0.15) is 43.2 Å². The summed E-state index contributed by atoms with van der Waals surface area (Å²) in [5, 5.41) is 31.4. The van der Waals surface area contributed by atoms with Crippen LogP contribution >= 0.6 is 11.3 Å². The number of carbonyl (C=O) groups is 1. The van der Waals surface area contributed by atoms with E-state index >= 15 is 0 Å². The monoisotopic (exact) mass is 623 g/mol. The highest BCUT2D eigenvalue weighted by Crippen LogP contribution is 2.40. The summed E-state index contributed by atoms with van der Waals surface area (Å²) in [6.07, 6.45) is 2.70. The molecule has 2 heterocycles. The molecule has 0 amide bonds. The molecule has 0 spiro atoms. The smallest absolute Gasteiger partial charge is 0.344 e. The van der Waals surface area contributed by atoms with Gasteiger partial charge in [0.05, 0.1) is 5.90 Å². The van der Waals surface area contributed by atoms with Gasteiger partial charge in [-0.1, -0.05) is 96.2 Å². The third kappa shape index (κ3) is 7.42. The quantitative estimate of drug-likeness (QED) is 0.0589. The minimum atomic E-state index is -0.801. The zero-order chi connectivity index (χ0) is 31.9. The highest BCUT2D eigenvalue weighted by Gasteiger charge is 2.37. The minimum absolute atomic E-state index is 0.0982. The van der Waals surface area contributed by atoms with Gasteiger partial charge in [-0.05, 0) is 37.5 Å². The van der Waals surface area contributed by atoms with E-state index in [0.717, 1.165) is 16.7 Å². The summed E-state index contributed by atoms with van der Waals surface area (Å²) in [5.74, 6) is -1.18. The first-order chi connectivity index (χ1) is 21.7. The van der Waals surface area contributed by atoms with Gasteiger partial charge in [0.1, 0.15) is 29.7 Å². The standard InChI is InChI=1S/C33H33N7O4S/c1-32(2,3)44-28(41)20-39-23-40(22-34-39)37-30(42)29(38-43-4)27-21-45-31(35-27)36-33(24-14-8-5-9-15-24,25-16-10-6-11-17-25)26-18-12-7-13-19-26/h5-19,21-23H,20H2,1-4H3,(H-,35,36,37,42)/b38-29-. The second kappa shape index (κ2) is 13.5. The molecule has 0 fully saturated rings. The first kappa shape index (κ1) is 31.1. The van der Waals surface area contributed by atoms with E-state index in [-0.39, 0.29) is 18.0 Å². The molecule has 0 aliphatic heterocycles. The fourth-order valence-electron chi connectivity index (χ4n) is 4.77. The van der Waals surface area contributed by atoms with Gasteiger partial charge in [-0.25, -0.2) is 9.78 Å². The van der Waals surface area contributed by atoms with Crippen LogP contribution in [-0.4, -0.2) is 45.1 Å². The van der Waals surface area contributed by atoms with Gasteiger partial charge >= 0.3 is 5.97 Å². The maximum Gasteiger partial charge on any atom is 0.344 e. The van der Waals surface area contributed by atoms with Crippen LogP contribution in [0, 0.1) is 0 Å². The van der Waals surface area contributed by atoms with E-state index in [1.807, 2.05) is 54.6 Å². The third-order valence-electron chi connectivity index (χ3n) is 6.53. The molecule has 5 rings (SSSR count). The SMILES string of the molecule is CO/N=C(\C([O-])=N[n+]1cnn(CC(=O)OC(C)(C)C)c1)c1csc(NC(c2ccccc2)(c2ccccc2)c2ccccc2)n1. The van der Waals surface area contributed by atoms with Crippen molar-refractivity contribution < 1.29 is 24.2 Å². The lowest BCUT2D eigenvalue weighted by Gasteiger charge is -2.36. The molecule has 0 radical (unpaired) electrons. The van der Waals surface area contributed by atoms with Gasteiger partial charge in [-0.2, -0.15) is 0 Å². The molecule has 230 valence electrons. The van der Waals surface area contributed by atoms with Crippen molar-refractivity contribution in [3.05, 3.63) is 131 Å². The van der Waals surface area contributed by atoms with Crippen LogP contribution in [0.15, 0.2) is 119 Å². The Bertz CT molecular complexity index is 1680. The molecule has 3 aromatic carbocycles. The molecule has 2 aromatic heterocycles. The van der Waals surface area contributed by atoms with E-state index < -0.39 is 23.0 Å². The molecule has 0 unspecified atom stereocenters. The lowest BCUT2D eigenvalue weighted by atomic mass is 9.77. The lowest BCUT2D eigenvalue weighted by Crippen LogP contribution is -2.38. The summed E-state index contributed by atoms with van der Waals surface area (Å²) >= 11 is 1.33. The number of anilines is 1. The molecule has 12 heteroatoms. The second-order valence-electron chi connectivity index (χ2n) is 10.9. The van der Waals surface area contributed by atoms with Crippen LogP contribution in [0.25, 0.3) is 0 Å². The van der Waals surface area contributed by atoms with Crippen LogP contribution in [0.3, 0.4) is 0 Å². The predicted octanol–water partition coefficient (Wildman–Crippen LogP) is 3.95. The Morgan fingerprint density at radius 3 is 2.02 bits per heavy atom. The van der Waals surface area contributed by atoms with E-state index in [1.54, 1.807) is 26.2 Å². The zero-order valence-corrected chi connectivity index (χ0v) is 26.1. The number of hydrogen-bond donors (Lipinski definition) is 1. The van der Waals surface area contributed by atoms with Crippen molar-refractivity contribution in [3.8, 4) is 0 Å². The highest BCUT2D eigenvalue weighted by molar-refractivity contribution is 7.14. The van der Waals surface area contributed by atoms with Crippen molar-refractivity contribution in [2.45, 2.75) is 38.5 Å². The Morgan fingerprint density at radius 2 is 1.51 bits per heavy atom. The number of aromatic nitrogens is 4. The minimum Gasteiger partial charge on any atom is -0.855 e. The molecule has 1 N–H and O–H groups in total. The van der Waals surface area contributed by atoms with Gasteiger partial charge in [0.25, 0.3) is 6.33 Å². The van der Waals surface area contributed by atoms with Crippen LogP contribution in [0.4, 0.5) is 5.13 Å². The van der Waals surface area contributed by atoms with E-state index in [1.165, 1.54) is 40.5 Å². The molecule has 0 bridgehead atoms. The summed E-state index contributed by atoms with van der Waals surface area (Å²) in [4.78, 5) is 21.9. The molecule has 5 aromatic rings. The van der Waals surface area contributed by atoms with Crippen molar-refractivity contribution in [1.82, 2.24) is 14.8 Å². The molecule has 45 heavy (non-hydrogen) atoms. The number of esters is 1. The Balaban J connectivity index is 1.47. The molecule has 0 saturated carbocycles. The molecule has 0 saturated heterocycles. The maximum atomic E-state index is 13.3. The Hall–Kier alpha value is -5.36. The first-order valence-corrected chi connectivity index (χ1v) is 15.0. The summed E-state index contributed by atoms with van der Waals surface area (Å²) < 4.78 is 7.83. The van der Waals surface area contributed by atoms with Gasteiger partial charge < -0.3 is 20.0 Å². The fraction of sp³-hybridized carbons (Fsp3) is 0.212. The number of nitrogens with one attached hydrogen (secondary N) is 1. The van der Waals surface area contributed by atoms with Gasteiger partial charge in [0.2, 0.25) is 12.9 Å². The molecular weight excluding hydrogens is 590 g/mol. The summed E-state index contributed by atoms with van der Waals surface area (Å²) in [6.45, 7) is 5.20. The number of rotatable bonds is 11. The average Bonchev–Trinajstić information content (AvgIpc) is 3.68. The number of oxime groups is 1. The number of hydrogen-bond acceptors (Lipinski definition) is 10. The van der Waals surface area contributed by atoms with Crippen LogP contribution in [0.2, 0.25) is 0 Å². The molecule has 0 aliphatic rings. The molecule has 0 atom stereocenters. The Labute approximate surface area is 265 Å². The summed E-state index contributed by atoms with van der Waals surface area (Å²) in [6, 6.07) is 30.4. The van der Waals surface area contributed by atoms with Gasteiger partial charge in [-0.3, -0.25) is 0 Å². The summed E-state index contributed by atoms with van der Waals surface area (Å²) in [5.41, 5.74) is 1.78. The first-order valence-electron chi connectivity index (χ1n) is 14.1. The van der Waals surface area contributed by atoms with Crippen LogP contribution < -0.4 is 15.1 Å². The number of benzene rings is 3. The van der Waals surface area contributed by atoms with Gasteiger partial charge in [0.15, 0.2) is 5.13 Å². The lowest BCUT2D eigenvalue weighted by molar-refractivity contribution is -0.682. The van der Waals surface area contributed by atoms with Crippen LogP contribution in [-0.2, 0) is 26.5 Å². The second-order valence-corrected chi connectivity index (χ2v) is 11.8. The Morgan fingerprint density at radius 1 is 0.956 bits per heavy atom.